The molecule has 0 aromatic carbocycles. The zero-order chi connectivity index (χ0) is 20.1. The Labute approximate surface area is 170 Å². The topological polar surface area (TPSA) is 90.6 Å². The van der Waals surface area contributed by atoms with Gasteiger partial charge >= 0.3 is 0 Å². The van der Waals surface area contributed by atoms with E-state index in [1.807, 2.05) is 24.0 Å². The zero-order valence-electron chi connectivity index (χ0n) is 16.9. The van der Waals surface area contributed by atoms with Crippen molar-refractivity contribution in [3.8, 4) is 0 Å². The third-order valence-corrected chi connectivity index (χ3v) is 5.62. The molecule has 0 aliphatic carbocycles. The van der Waals surface area contributed by atoms with E-state index in [9.17, 15) is 4.79 Å². The van der Waals surface area contributed by atoms with Crippen molar-refractivity contribution in [2.45, 2.75) is 51.0 Å². The van der Waals surface area contributed by atoms with Crippen LogP contribution in [0.3, 0.4) is 0 Å². The molecule has 0 unspecified atom stereocenters. The molecule has 0 spiro atoms. The van der Waals surface area contributed by atoms with Crippen LogP contribution >= 0.6 is 0 Å². The Kier molecular flexibility index (Phi) is 6.51. The maximum atomic E-state index is 12.6. The van der Waals surface area contributed by atoms with Crippen LogP contribution in [-0.2, 0) is 15.9 Å². The molecule has 4 heterocycles. The molecule has 0 atom stereocenters. The van der Waals surface area contributed by atoms with Crippen LogP contribution in [0.2, 0.25) is 0 Å². The van der Waals surface area contributed by atoms with E-state index >= 15 is 0 Å². The van der Waals surface area contributed by atoms with Crippen LogP contribution in [0.25, 0.3) is 0 Å². The summed E-state index contributed by atoms with van der Waals surface area (Å²) in [6.07, 6.45) is 6.01. The van der Waals surface area contributed by atoms with Gasteiger partial charge in [-0.1, -0.05) is 5.16 Å². The van der Waals surface area contributed by atoms with Crippen molar-refractivity contribution in [1.82, 2.24) is 20.0 Å². The summed E-state index contributed by atoms with van der Waals surface area (Å²) in [5, 5.41) is 4.08. The highest BCUT2D eigenvalue weighted by atomic mass is 16.5. The molecule has 2 aromatic rings. The van der Waals surface area contributed by atoms with E-state index in [1.165, 1.54) is 0 Å². The Hall–Kier alpha value is -2.32. The highest BCUT2D eigenvalue weighted by Gasteiger charge is 2.25. The van der Waals surface area contributed by atoms with Crippen LogP contribution < -0.4 is 0 Å². The first-order chi connectivity index (χ1) is 14.2. The molecular formula is C21H28N4O4. The van der Waals surface area contributed by atoms with Crippen LogP contribution in [0.4, 0.5) is 0 Å². The van der Waals surface area contributed by atoms with Gasteiger partial charge in [0.1, 0.15) is 0 Å². The fraction of sp³-hybridized carbons (Fsp3) is 0.619. The first-order valence-corrected chi connectivity index (χ1v) is 10.4. The first-order valence-electron chi connectivity index (χ1n) is 10.4. The lowest BCUT2D eigenvalue weighted by molar-refractivity contribution is 0.00946. The van der Waals surface area contributed by atoms with Crippen molar-refractivity contribution in [2.75, 3.05) is 32.9 Å². The van der Waals surface area contributed by atoms with Crippen LogP contribution in [0, 0.1) is 6.92 Å². The van der Waals surface area contributed by atoms with Gasteiger partial charge in [0.05, 0.1) is 18.3 Å². The van der Waals surface area contributed by atoms with Crippen molar-refractivity contribution in [2.24, 2.45) is 0 Å². The molecule has 8 nitrogen and oxygen atoms in total. The van der Waals surface area contributed by atoms with Crippen molar-refractivity contribution in [3.63, 3.8) is 0 Å². The van der Waals surface area contributed by atoms with Gasteiger partial charge in [0.2, 0.25) is 5.89 Å². The number of aryl methyl sites for hydroxylation is 1. The Balaban J connectivity index is 1.18. The number of amides is 1. The average Bonchev–Trinajstić information content (AvgIpc) is 3.24. The van der Waals surface area contributed by atoms with E-state index in [0.29, 0.717) is 43.4 Å². The summed E-state index contributed by atoms with van der Waals surface area (Å²) in [5.74, 6) is 1.78. The fourth-order valence-corrected chi connectivity index (χ4v) is 3.80. The van der Waals surface area contributed by atoms with E-state index in [4.69, 9.17) is 14.0 Å². The fourth-order valence-electron chi connectivity index (χ4n) is 3.80. The normalized spacial score (nSPS) is 18.9. The smallest absolute Gasteiger partial charge is 0.255 e. The molecular weight excluding hydrogens is 372 g/mol. The number of likely N-dealkylation sites (tertiary alicyclic amines) is 1. The number of pyridine rings is 1. The zero-order valence-corrected chi connectivity index (χ0v) is 16.9. The molecule has 8 heteroatoms. The predicted molar refractivity (Wildman–Crippen MR) is 105 cm³/mol. The second-order valence-corrected chi connectivity index (χ2v) is 7.74. The van der Waals surface area contributed by atoms with Crippen LogP contribution in [-0.4, -0.2) is 64.9 Å². The lowest BCUT2D eigenvalue weighted by Crippen LogP contribution is -2.41. The number of carbonyl (C=O) groups is 1. The van der Waals surface area contributed by atoms with Gasteiger partial charge in [0.25, 0.3) is 5.91 Å². The minimum Gasteiger partial charge on any atom is -0.381 e. The molecule has 2 fully saturated rings. The third-order valence-electron chi connectivity index (χ3n) is 5.62. The van der Waals surface area contributed by atoms with Gasteiger partial charge in [-0.15, -0.1) is 0 Å². The van der Waals surface area contributed by atoms with Gasteiger partial charge in [-0.2, -0.15) is 4.98 Å². The van der Waals surface area contributed by atoms with Crippen molar-refractivity contribution in [3.05, 3.63) is 41.3 Å². The lowest BCUT2D eigenvalue weighted by Gasteiger charge is -2.32. The van der Waals surface area contributed by atoms with Crippen molar-refractivity contribution in [1.29, 1.82) is 0 Å². The standard InChI is InChI=1S/C21H28N4O4/c1-15-2-3-17(14-22-15)21(26)25-9-4-18(5-10-25)28-13-8-19-23-20(29-24-19)16-6-11-27-12-7-16/h2-3,14,16,18H,4-13H2,1H3. The van der Waals surface area contributed by atoms with Gasteiger partial charge in [-0.25, -0.2) is 0 Å². The second-order valence-electron chi connectivity index (χ2n) is 7.74. The Bertz CT molecular complexity index is 793. The van der Waals surface area contributed by atoms with Gasteiger partial charge in [-0.05, 0) is 44.7 Å². The highest BCUT2D eigenvalue weighted by Crippen LogP contribution is 2.25. The van der Waals surface area contributed by atoms with E-state index in [2.05, 4.69) is 15.1 Å². The number of aromatic nitrogens is 3. The summed E-state index contributed by atoms with van der Waals surface area (Å²) in [5.41, 5.74) is 1.56. The Morgan fingerprint density at radius 3 is 2.72 bits per heavy atom. The van der Waals surface area contributed by atoms with Crippen LogP contribution in [0.15, 0.2) is 22.9 Å². The number of nitrogens with zero attached hydrogens (tertiary/aromatic N) is 4. The number of piperidine rings is 1. The minimum atomic E-state index is 0.0448. The van der Waals surface area contributed by atoms with Gasteiger partial charge in [-0.3, -0.25) is 9.78 Å². The summed E-state index contributed by atoms with van der Waals surface area (Å²) in [4.78, 5) is 23.2. The molecule has 4 rings (SSSR count). The van der Waals surface area contributed by atoms with E-state index in [-0.39, 0.29) is 12.0 Å². The van der Waals surface area contributed by atoms with Crippen LogP contribution in [0.5, 0.6) is 0 Å². The number of rotatable bonds is 6. The van der Waals surface area contributed by atoms with Crippen molar-refractivity contribution < 1.29 is 18.8 Å². The van der Waals surface area contributed by atoms with Crippen LogP contribution in [0.1, 0.15) is 59.4 Å². The molecule has 0 bridgehead atoms. The monoisotopic (exact) mass is 400 g/mol. The number of carbonyl (C=O) groups excluding carboxylic acids is 1. The molecule has 156 valence electrons. The maximum absolute atomic E-state index is 12.6. The molecule has 29 heavy (non-hydrogen) atoms. The number of hydrogen-bond donors (Lipinski definition) is 0. The van der Waals surface area contributed by atoms with Gasteiger partial charge in [0.15, 0.2) is 5.82 Å². The van der Waals surface area contributed by atoms with E-state index < -0.39 is 0 Å². The summed E-state index contributed by atoms with van der Waals surface area (Å²) < 4.78 is 16.8. The molecule has 0 radical (unpaired) electrons. The Morgan fingerprint density at radius 1 is 1.21 bits per heavy atom. The quantitative estimate of drug-likeness (QED) is 0.736. The number of ether oxygens (including phenoxy) is 2. The average molecular weight is 400 g/mol. The molecule has 2 saturated heterocycles. The van der Waals surface area contributed by atoms with Gasteiger partial charge < -0.3 is 18.9 Å². The van der Waals surface area contributed by atoms with E-state index in [1.54, 1.807) is 6.20 Å². The highest BCUT2D eigenvalue weighted by molar-refractivity contribution is 5.93. The summed E-state index contributed by atoms with van der Waals surface area (Å²) in [6, 6.07) is 3.71. The summed E-state index contributed by atoms with van der Waals surface area (Å²) in [7, 11) is 0. The second kappa shape index (κ2) is 9.45. The maximum Gasteiger partial charge on any atom is 0.255 e. The summed E-state index contributed by atoms with van der Waals surface area (Å²) in [6.45, 7) is 5.39. The third kappa shape index (κ3) is 5.19. The number of hydrogen-bond acceptors (Lipinski definition) is 7. The molecule has 2 aromatic heterocycles. The molecule has 2 aliphatic heterocycles. The lowest BCUT2D eigenvalue weighted by atomic mass is 10.0. The predicted octanol–water partition coefficient (Wildman–Crippen LogP) is 2.53. The minimum absolute atomic E-state index is 0.0448. The Morgan fingerprint density at radius 2 is 2.00 bits per heavy atom. The first kappa shape index (κ1) is 20.0. The molecule has 0 N–H and O–H groups in total. The van der Waals surface area contributed by atoms with Gasteiger partial charge in [0, 0.05) is 50.5 Å². The molecule has 0 saturated carbocycles. The molecule has 2 aliphatic rings. The molecule has 1 amide bonds. The summed E-state index contributed by atoms with van der Waals surface area (Å²) >= 11 is 0. The van der Waals surface area contributed by atoms with Crippen molar-refractivity contribution >= 4 is 5.91 Å². The van der Waals surface area contributed by atoms with E-state index in [0.717, 1.165) is 50.5 Å². The largest absolute Gasteiger partial charge is 0.381 e. The SMILES string of the molecule is Cc1ccc(C(=O)N2CCC(OCCc3noc(C4CCOCC4)n3)CC2)cn1.